The highest BCUT2D eigenvalue weighted by atomic mass is 79.9. The Morgan fingerprint density at radius 3 is 2.83 bits per heavy atom. The van der Waals surface area contributed by atoms with Crippen LogP contribution in [0.1, 0.15) is 37.7 Å². The molecule has 100 valence electrons. The second-order valence-electron chi connectivity index (χ2n) is 5.21. The van der Waals surface area contributed by atoms with E-state index in [4.69, 9.17) is 4.74 Å². The van der Waals surface area contributed by atoms with Gasteiger partial charge in [0.05, 0.1) is 17.7 Å². The Balaban J connectivity index is 2.01. The van der Waals surface area contributed by atoms with E-state index in [0.717, 1.165) is 29.5 Å². The van der Waals surface area contributed by atoms with Crippen molar-refractivity contribution >= 4 is 15.9 Å². The third-order valence-corrected chi connectivity index (χ3v) is 4.37. The summed E-state index contributed by atoms with van der Waals surface area (Å²) in [6.45, 7) is 0. The highest BCUT2D eigenvalue weighted by Gasteiger charge is 2.19. The maximum Gasteiger partial charge on any atom is 0.133 e. The number of rotatable bonds is 3. The van der Waals surface area contributed by atoms with Gasteiger partial charge in [0, 0.05) is 0 Å². The van der Waals surface area contributed by atoms with E-state index in [1.807, 2.05) is 6.07 Å². The summed E-state index contributed by atoms with van der Waals surface area (Å²) in [5.74, 6) is 1.49. The molecule has 0 amide bonds. The molecule has 1 aromatic carbocycles. The molecule has 0 radical (unpaired) electrons. The van der Waals surface area contributed by atoms with Gasteiger partial charge in [0.15, 0.2) is 0 Å². The second kappa shape index (κ2) is 6.58. The van der Waals surface area contributed by atoms with Crippen molar-refractivity contribution in [1.29, 1.82) is 0 Å². The lowest BCUT2D eigenvalue weighted by Crippen LogP contribution is -2.12. The average molecular weight is 313 g/mol. The number of hydrogen-bond donors (Lipinski definition) is 1. The molecule has 0 spiro atoms. The van der Waals surface area contributed by atoms with Crippen molar-refractivity contribution in [1.82, 2.24) is 0 Å². The normalized spacial score (nSPS) is 24.6. The summed E-state index contributed by atoms with van der Waals surface area (Å²) in [4.78, 5) is 0. The van der Waals surface area contributed by atoms with Gasteiger partial charge in [-0.05, 0) is 58.8 Å². The molecule has 1 saturated carbocycles. The van der Waals surface area contributed by atoms with Crippen molar-refractivity contribution in [2.45, 2.75) is 44.6 Å². The van der Waals surface area contributed by atoms with Gasteiger partial charge in [0.1, 0.15) is 5.75 Å². The summed E-state index contributed by atoms with van der Waals surface area (Å²) in [6.07, 6.45) is 6.54. The molecule has 1 N–H and O–H groups in total. The van der Waals surface area contributed by atoms with Crippen LogP contribution in [0.4, 0.5) is 0 Å². The maximum absolute atomic E-state index is 9.85. The van der Waals surface area contributed by atoms with E-state index in [1.54, 1.807) is 7.11 Å². The zero-order valence-corrected chi connectivity index (χ0v) is 12.4. The van der Waals surface area contributed by atoms with Crippen LogP contribution in [0.3, 0.4) is 0 Å². The van der Waals surface area contributed by atoms with Crippen LogP contribution < -0.4 is 4.74 Å². The van der Waals surface area contributed by atoms with Gasteiger partial charge >= 0.3 is 0 Å². The molecule has 0 aliphatic heterocycles. The van der Waals surface area contributed by atoms with Crippen molar-refractivity contribution in [3.05, 3.63) is 28.2 Å². The molecule has 2 atom stereocenters. The Kier molecular flexibility index (Phi) is 5.07. The number of hydrogen-bond acceptors (Lipinski definition) is 2. The van der Waals surface area contributed by atoms with Gasteiger partial charge in [-0.25, -0.2) is 0 Å². The molecule has 1 aliphatic carbocycles. The van der Waals surface area contributed by atoms with Gasteiger partial charge in [0.2, 0.25) is 0 Å². The molecule has 0 heterocycles. The second-order valence-corrected chi connectivity index (χ2v) is 6.07. The Hall–Kier alpha value is -0.540. The Bertz CT molecular complexity index is 392. The van der Waals surface area contributed by atoms with Crippen LogP contribution in [-0.2, 0) is 6.42 Å². The third kappa shape index (κ3) is 3.72. The molecule has 0 aromatic heterocycles. The standard InChI is InChI=1S/C15H21BrO2/c1-18-15-7-6-12(10-14(15)16)8-11-4-2-3-5-13(17)9-11/h6-7,10-11,13,17H,2-5,8-9H2,1H3. The molecule has 2 rings (SSSR count). The summed E-state index contributed by atoms with van der Waals surface area (Å²) < 4.78 is 6.25. The van der Waals surface area contributed by atoms with E-state index in [9.17, 15) is 5.11 Å². The zero-order valence-electron chi connectivity index (χ0n) is 10.9. The summed E-state index contributed by atoms with van der Waals surface area (Å²) in [7, 11) is 1.68. The van der Waals surface area contributed by atoms with E-state index in [2.05, 4.69) is 28.1 Å². The summed E-state index contributed by atoms with van der Waals surface area (Å²) in [5, 5.41) is 9.85. The van der Waals surface area contributed by atoms with E-state index in [1.165, 1.54) is 24.8 Å². The number of aliphatic hydroxyl groups excluding tert-OH is 1. The lowest BCUT2D eigenvalue weighted by atomic mass is 9.92. The Labute approximate surface area is 117 Å². The first-order valence-electron chi connectivity index (χ1n) is 6.69. The fraction of sp³-hybridized carbons (Fsp3) is 0.600. The van der Waals surface area contributed by atoms with Crippen molar-refractivity contribution < 1.29 is 9.84 Å². The predicted molar refractivity (Wildman–Crippen MR) is 77.0 cm³/mol. The van der Waals surface area contributed by atoms with Crippen LogP contribution in [0.2, 0.25) is 0 Å². The van der Waals surface area contributed by atoms with Gasteiger partial charge in [-0.15, -0.1) is 0 Å². The quantitative estimate of drug-likeness (QED) is 0.857. The molecular formula is C15H21BrO2. The van der Waals surface area contributed by atoms with E-state index < -0.39 is 0 Å². The minimum absolute atomic E-state index is 0.0980. The molecule has 18 heavy (non-hydrogen) atoms. The first-order valence-corrected chi connectivity index (χ1v) is 7.49. The van der Waals surface area contributed by atoms with Gasteiger partial charge in [-0.3, -0.25) is 0 Å². The Morgan fingerprint density at radius 2 is 2.11 bits per heavy atom. The Morgan fingerprint density at radius 1 is 1.33 bits per heavy atom. The van der Waals surface area contributed by atoms with Gasteiger partial charge in [0.25, 0.3) is 0 Å². The molecule has 0 saturated heterocycles. The monoisotopic (exact) mass is 312 g/mol. The lowest BCUT2D eigenvalue weighted by molar-refractivity contribution is 0.141. The summed E-state index contributed by atoms with van der Waals surface area (Å²) in [5.41, 5.74) is 1.32. The number of methoxy groups -OCH3 is 1. The highest BCUT2D eigenvalue weighted by molar-refractivity contribution is 9.10. The zero-order chi connectivity index (χ0) is 13.0. The molecular weight excluding hydrogens is 292 g/mol. The molecule has 1 aliphatic rings. The molecule has 1 aromatic rings. The van der Waals surface area contributed by atoms with Crippen molar-refractivity contribution in [3.8, 4) is 5.75 Å². The number of ether oxygens (including phenoxy) is 1. The van der Waals surface area contributed by atoms with Crippen LogP contribution in [0.15, 0.2) is 22.7 Å². The maximum atomic E-state index is 9.85. The molecule has 0 bridgehead atoms. The number of halogens is 1. The SMILES string of the molecule is COc1ccc(CC2CCCCC(O)C2)cc1Br. The molecule has 2 unspecified atom stereocenters. The highest BCUT2D eigenvalue weighted by Crippen LogP contribution is 2.30. The van der Waals surface area contributed by atoms with Crippen molar-refractivity contribution in [2.75, 3.05) is 7.11 Å². The first-order chi connectivity index (χ1) is 8.69. The molecule has 3 heteroatoms. The van der Waals surface area contributed by atoms with Crippen LogP contribution in [0, 0.1) is 5.92 Å². The topological polar surface area (TPSA) is 29.5 Å². The smallest absolute Gasteiger partial charge is 0.133 e. The van der Waals surface area contributed by atoms with Crippen LogP contribution in [-0.4, -0.2) is 18.3 Å². The van der Waals surface area contributed by atoms with Crippen molar-refractivity contribution in [3.63, 3.8) is 0 Å². The largest absolute Gasteiger partial charge is 0.496 e. The molecule has 1 fully saturated rings. The van der Waals surface area contributed by atoms with Crippen LogP contribution in [0.5, 0.6) is 5.75 Å². The molecule has 2 nitrogen and oxygen atoms in total. The van der Waals surface area contributed by atoms with E-state index in [0.29, 0.717) is 5.92 Å². The third-order valence-electron chi connectivity index (χ3n) is 3.75. The minimum Gasteiger partial charge on any atom is -0.496 e. The van der Waals surface area contributed by atoms with Crippen molar-refractivity contribution in [2.24, 2.45) is 5.92 Å². The summed E-state index contributed by atoms with van der Waals surface area (Å²) >= 11 is 3.53. The predicted octanol–water partition coefficient (Wildman–Crippen LogP) is 3.94. The van der Waals surface area contributed by atoms with Gasteiger partial charge in [-0.2, -0.15) is 0 Å². The van der Waals surface area contributed by atoms with Gasteiger partial charge in [-0.1, -0.05) is 25.3 Å². The number of benzene rings is 1. The summed E-state index contributed by atoms with van der Waals surface area (Å²) in [6, 6.07) is 6.27. The van der Waals surface area contributed by atoms with E-state index in [-0.39, 0.29) is 6.10 Å². The fourth-order valence-corrected chi connectivity index (χ4v) is 3.38. The average Bonchev–Trinajstić information content (AvgIpc) is 2.54. The lowest BCUT2D eigenvalue weighted by Gasteiger charge is -2.17. The number of aliphatic hydroxyl groups is 1. The van der Waals surface area contributed by atoms with Crippen LogP contribution >= 0.6 is 15.9 Å². The van der Waals surface area contributed by atoms with Crippen LogP contribution in [0.25, 0.3) is 0 Å². The first kappa shape index (κ1) is 13.9. The fourth-order valence-electron chi connectivity index (χ4n) is 2.79. The minimum atomic E-state index is -0.0980. The van der Waals surface area contributed by atoms with E-state index >= 15 is 0 Å². The van der Waals surface area contributed by atoms with Gasteiger partial charge < -0.3 is 9.84 Å².